The number of rotatable bonds is 4. The van der Waals surface area contributed by atoms with Gasteiger partial charge in [-0.15, -0.1) is 0 Å². The number of furan rings is 1. The summed E-state index contributed by atoms with van der Waals surface area (Å²) in [5.74, 6) is 1.99. The molecule has 0 spiro atoms. The van der Waals surface area contributed by atoms with Gasteiger partial charge in [0.2, 0.25) is 0 Å². The average molecular weight is 365 g/mol. The zero-order valence-electron chi connectivity index (χ0n) is 15.8. The maximum atomic E-state index is 12.6. The largest absolute Gasteiger partial charge is 0.496 e. The van der Waals surface area contributed by atoms with E-state index in [1.54, 1.807) is 25.5 Å². The lowest BCUT2D eigenvalue weighted by Gasteiger charge is -2.28. The lowest BCUT2D eigenvalue weighted by atomic mass is 10.0. The first kappa shape index (κ1) is 17.5. The molecule has 0 unspecified atom stereocenters. The monoisotopic (exact) mass is 365 g/mol. The Hall–Kier alpha value is -2.86. The van der Waals surface area contributed by atoms with E-state index in [1.165, 1.54) is 11.1 Å². The molecule has 0 saturated carbocycles. The number of nitrogens with one attached hydrogen (secondary N) is 1. The molecule has 2 aromatic heterocycles. The van der Waals surface area contributed by atoms with Gasteiger partial charge >= 0.3 is 0 Å². The number of ether oxygens (including phenoxy) is 1. The molecule has 1 aliphatic rings. The van der Waals surface area contributed by atoms with E-state index in [2.05, 4.69) is 40.8 Å². The van der Waals surface area contributed by atoms with Crippen molar-refractivity contribution in [2.45, 2.75) is 33.4 Å². The number of aryl methyl sites for hydroxylation is 2. The number of hydrogen-bond donors (Lipinski definition) is 1. The molecule has 6 nitrogen and oxygen atoms in total. The second-order valence-electron chi connectivity index (χ2n) is 7.03. The van der Waals surface area contributed by atoms with Crippen molar-refractivity contribution >= 4 is 0 Å². The molecular formula is C21H23N3O3. The molecule has 140 valence electrons. The first-order chi connectivity index (χ1) is 13.0. The van der Waals surface area contributed by atoms with E-state index in [9.17, 15) is 4.79 Å². The van der Waals surface area contributed by atoms with Crippen molar-refractivity contribution in [2.75, 3.05) is 13.7 Å². The Morgan fingerprint density at radius 1 is 1.30 bits per heavy atom. The Morgan fingerprint density at radius 3 is 2.89 bits per heavy atom. The van der Waals surface area contributed by atoms with Gasteiger partial charge in [-0.3, -0.25) is 9.69 Å². The minimum absolute atomic E-state index is 0.0845. The van der Waals surface area contributed by atoms with Crippen LogP contribution in [0.15, 0.2) is 39.7 Å². The number of nitrogens with zero attached hydrogens (tertiary/aromatic N) is 2. The minimum atomic E-state index is -0.0845. The molecule has 1 N–H and O–H groups in total. The van der Waals surface area contributed by atoms with Crippen LogP contribution in [0.2, 0.25) is 0 Å². The quantitative estimate of drug-likeness (QED) is 0.769. The molecule has 4 rings (SSSR count). The summed E-state index contributed by atoms with van der Waals surface area (Å²) in [5.41, 5.74) is 5.11. The summed E-state index contributed by atoms with van der Waals surface area (Å²) >= 11 is 0. The van der Waals surface area contributed by atoms with Crippen LogP contribution in [0.25, 0.3) is 11.6 Å². The first-order valence-corrected chi connectivity index (χ1v) is 9.07. The molecular weight excluding hydrogens is 342 g/mol. The van der Waals surface area contributed by atoms with Crippen LogP contribution in [-0.2, 0) is 19.5 Å². The standard InChI is InChI=1S/C21H23N3O3/c1-13-10-19(26-3)14(2)9-15(13)11-24-7-6-17-16(12-24)21(25)23-20(22-17)18-5-4-8-27-18/h4-5,8-10H,6-7,11-12H2,1-3H3,(H,22,23,25). The summed E-state index contributed by atoms with van der Waals surface area (Å²) in [6.07, 6.45) is 2.33. The third kappa shape index (κ3) is 3.40. The van der Waals surface area contributed by atoms with Crippen LogP contribution in [0, 0.1) is 13.8 Å². The van der Waals surface area contributed by atoms with Crippen molar-refractivity contribution in [3.8, 4) is 17.3 Å². The van der Waals surface area contributed by atoms with Crippen LogP contribution in [0.1, 0.15) is 27.9 Å². The molecule has 0 saturated heterocycles. The van der Waals surface area contributed by atoms with Crippen LogP contribution in [-0.4, -0.2) is 28.5 Å². The topological polar surface area (TPSA) is 71.4 Å². The van der Waals surface area contributed by atoms with Crippen molar-refractivity contribution < 1.29 is 9.15 Å². The highest BCUT2D eigenvalue weighted by Crippen LogP contribution is 2.25. The molecule has 3 heterocycles. The van der Waals surface area contributed by atoms with Crippen LogP contribution in [0.5, 0.6) is 5.75 Å². The molecule has 0 aliphatic carbocycles. The van der Waals surface area contributed by atoms with E-state index in [1.807, 2.05) is 0 Å². The van der Waals surface area contributed by atoms with Gasteiger partial charge in [0.1, 0.15) is 5.75 Å². The van der Waals surface area contributed by atoms with Crippen LogP contribution in [0.3, 0.4) is 0 Å². The van der Waals surface area contributed by atoms with Gasteiger partial charge < -0.3 is 14.1 Å². The van der Waals surface area contributed by atoms with Gasteiger partial charge in [0.05, 0.1) is 24.6 Å². The SMILES string of the molecule is COc1cc(C)c(CN2CCc3nc(-c4ccco4)[nH]c(=O)c3C2)cc1C. The van der Waals surface area contributed by atoms with Gasteiger partial charge in [-0.25, -0.2) is 4.98 Å². The maximum absolute atomic E-state index is 12.6. The number of benzene rings is 1. The van der Waals surface area contributed by atoms with Crippen LogP contribution >= 0.6 is 0 Å². The average Bonchev–Trinajstić information content (AvgIpc) is 3.19. The highest BCUT2D eigenvalue weighted by atomic mass is 16.5. The van der Waals surface area contributed by atoms with Gasteiger partial charge in [-0.1, -0.05) is 6.07 Å². The zero-order valence-corrected chi connectivity index (χ0v) is 15.8. The Balaban J connectivity index is 1.57. The van der Waals surface area contributed by atoms with Crippen molar-refractivity contribution in [3.05, 3.63) is 68.8 Å². The number of aromatic nitrogens is 2. The number of methoxy groups -OCH3 is 1. The molecule has 0 atom stereocenters. The smallest absolute Gasteiger partial charge is 0.256 e. The Kier molecular flexibility index (Phi) is 4.58. The van der Waals surface area contributed by atoms with E-state index in [0.717, 1.165) is 42.1 Å². The minimum Gasteiger partial charge on any atom is -0.496 e. The van der Waals surface area contributed by atoms with E-state index in [-0.39, 0.29) is 5.56 Å². The zero-order chi connectivity index (χ0) is 19.0. The summed E-state index contributed by atoms with van der Waals surface area (Å²) in [6, 6.07) is 7.84. The van der Waals surface area contributed by atoms with E-state index >= 15 is 0 Å². The van der Waals surface area contributed by atoms with Gasteiger partial charge in [0.25, 0.3) is 5.56 Å². The number of aromatic amines is 1. The Bertz CT molecular complexity index is 1020. The molecule has 27 heavy (non-hydrogen) atoms. The van der Waals surface area contributed by atoms with Crippen LogP contribution < -0.4 is 10.3 Å². The maximum Gasteiger partial charge on any atom is 0.256 e. The fourth-order valence-corrected chi connectivity index (χ4v) is 3.63. The molecule has 0 amide bonds. The van der Waals surface area contributed by atoms with Gasteiger partial charge in [0, 0.05) is 26.1 Å². The van der Waals surface area contributed by atoms with Gasteiger partial charge in [0.15, 0.2) is 11.6 Å². The fraction of sp³-hybridized carbons (Fsp3) is 0.333. The molecule has 6 heteroatoms. The molecule has 1 aromatic carbocycles. The summed E-state index contributed by atoms with van der Waals surface area (Å²) in [7, 11) is 1.69. The highest BCUT2D eigenvalue weighted by Gasteiger charge is 2.22. The molecule has 3 aromatic rings. The molecule has 0 bridgehead atoms. The van der Waals surface area contributed by atoms with E-state index in [4.69, 9.17) is 9.15 Å². The summed E-state index contributed by atoms with van der Waals surface area (Å²) in [4.78, 5) is 22.4. The summed E-state index contributed by atoms with van der Waals surface area (Å²) < 4.78 is 10.8. The number of H-pyrrole nitrogens is 1. The molecule has 1 aliphatic heterocycles. The normalized spacial score (nSPS) is 14.2. The predicted octanol–water partition coefficient (Wildman–Crippen LogP) is 3.21. The van der Waals surface area contributed by atoms with Gasteiger partial charge in [-0.2, -0.15) is 0 Å². The second-order valence-corrected chi connectivity index (χ2v) is 7.03. The van der Waals surface area contributed by atoms with Gasteiger partial charge in [-0.05, 0) is 48.7 Å². The number of hydrogen-bond acceptors (Lipinski definition) is 5. The predicted molar refractivity (Wildman–Crippen MR) is 103 cm³/mol. The Morgan fingerprint density at radius 2 is 2.15 bits per heavy atom. The van der Waals surface area contributed by atoms with Crippen molar-refractivity contribution in [2.24, 2.45) is 0 Å². The lowest BCUT2D eigenvalue weighted by Crippen LogP contribution is -2.35. The van der Waals surface area contributed by atoms with Crippen molar-refractivity contribution in [1.82, 2.24) is 14.9 Å². The highest BCUT2D eigenvalue weighted by molar-refractivity contribution is 5.47. The fourth-order valence-electron chi connectivity index (χ4n) is 3.63. The molecule has 0 fully saturated rings. The van der Waals surface area contributed by atoms with E-state index in [0.29, 0.717) is 18.1 Å². The third-order valence-electron chi connectivity index (χ3n) is 5.15. The van der Waals surface area contributed by atoms with E-state index < -0.39 is 0 Å². The summed E-state index contributed by atoms with van der Waals surface area (Å²) in [6.45, 7) is 6.42. The van der Waals surface area contributed by atoms with Crippen molar-refractivity contribution in [3.63, 3.8) is 0 Å². The lowest BCUT2D eigenvalue weighted by molar-refractivity contribution is 0.241. The Labute approximate surface area is 157 Å². The van der Waals surface area contributed by atoms with Crippen LogP contribution in [0.4, 0.5) is 0 Å². The van der Waals surface area contributed by atoms with Crippen molar-refractivity contribution in [1.29, 1.82) is 0 Å². The third-order valence-corrected chi connectivity index (χ3v) is 5.15. The first-order valence-electron chi connectivity index (χ1n) is 9.07. The second kappa shape index (κ2) is 7.04. The summed E-state index contributed by atoms with van der Waals surface area (Å²) in [5, 5.41) is 0. The number of fused-ring (bicyclic) bond motifs is 1. The molecule has 0 radical (unpaired) electrons.